The molecule has 1 aromatic heterocycles. The molecular weight excluding hydrogens is 448 g/mol. The highest BCUT2D eigenvalue weighted by Crippen LogP contribution is 2.19. The van der Waals surface area contributed by atoms with Crippen molar-refractivity contribution in [2.24, 2.45) is 11.5 Å². The zero-order valence-corrected chi connectivity index (χ0v) is 18.4. The number of aliphatic hydroxyl groups excluding tert-OH is 2. The number of H-pyrrole nitrogens is 1. The minimum Gasteiger partial charge on any atom is -0.480 e. The van der Waals surface area contributed by atoms with Gasteiger partial charge in [-0.1, -0.05) is 18.2 Å². The number of aromatic amines is 1. The maximum Gasteiger partial charge on any atom is 0.326 e. The minimum atomic E-state index is -1.49. The van der Waals surface area contributed by atoms with Crippen LogP contribution in [0.1, 0.15) is 12.0 Å². The first kappa shape index (κ1) is 26.7. The lowest BCUT2D eigenvalue weighted by Crippen LogP contribution is -2.58. The van der Waals surface area contributed by atoms with Crippen molar-refractivity contribution in [3.8, 4) is 0 Å². The summed E-state index contributed by atoms with van der Waals surface area (Å²) in [5.74, 6) is -3.85. The van der Waals surface area contributed by atoms with Gasteiger partial charge in [0.1, 0.15) is 24.2 Å². The monoisotopic (exact) mass is 478 g/mol. The number of hydrogen-bond acceptors (Lipinski definition) is 8. The number of carbonyl (C=O) groups excluding carboxylic acids is 3. The molecule has 0 fully saturated rings. The van der Waals surface area contributed by atoms with Crippen molar-refractivity contribution in [1.82, 2.24) is 20.9 Å². The second-order valence-electron chi connectivity index (χ2n) is 7.63. The van der Waals surface area contributed by atoms with Crippen molar-refractivity contribution in [3.63, 3.8) is 0 Å². The number of nitrogens with one attached hydrogen (secondary N) is 4. The lowest BCUT2D eigenvalue weighted by Gasteiger charge is -2.24. The van der Waals surface area contributed by atoms with Crippen LogP contribution in [0.4, 0.5) is 0 Å². The highest BCUT2D eigenvalue weighted by atomic mass is 16.4. The van der Waals surface area contributed by atoms with Crippen molar-refractivity contribution in [2.45, 2.75) is 37.0 Å². The Kier molecular flexibility index (Phi) is 9.94. The normalized spacial score (nSPS) is 14.6. The van der Waals surface area contributed by atoms with Crippen LogP contribution < -0.4 is 27.4 Å². The van der Waals surface area contributed by atoms with Crippen LogP contribution in [0.2, 0.25) is 0 Å². The molecule has 3 amide bonds. The molecule has 13 heteroatoms. The maximum absolute atomic E-state index is 13.0. The van der Waals surface area contributed by atoms with Gasteiger partial charge in [0.05, 0.1) is 13.2 Å². The van der Waals surface area contributed by atoms with Crippen molar-refractivity contribution in [2.75, 3.05) is 19.8 Å². The highest BCUT2D eigenvalue weighted by Gasteiger charge is 2.30. The van der Waals surface area contributed by atoms with Gasteiger partial charge in [-0.05, 0) is 24.6 Å². The molecule has 0 aliphatic heterocycles. The van der Waals surface area contributed by atoms with Crippen LogP contribution in [0.3, 0.4) is 0 Å². The summed E-state index contributed by atoms with van der Waals surface area (Å²) >= 11 is 0. The molecule has 1 aromatic carbocycles. The quantitative estimate of drug-likeness (QED) is 0.142. The number of hydrogen-bond donors (Lipinski definition) is 9. The van der Waals surface area contributed by atoms with Gasteiger partial charge in [0.15, 0.2) is 0 Å². The molecule has 34 heavy (non-hydrogen) atoms. The summed E-state index contributed by atoms with van der Waals surface area (Å²) in [7, 11) is 0. The van der Waals surface area contributed by atoms with E-state index >= 15 is 0 Å². The van der Waals surface area contributed by atoms with Gasteiger partial charge < -0.3 is 47.7 Å². The molecule has 0 aliphatic carbocycles. The molecule has 1 heterocycles. The lowest BCUT2D eigenvalue weighted by atomic mass is 10.0. The number of aromatic nitrogens is 1. The van der Waals surface area contributed by atoms with Crippen LogP contribution in [0.25, 0.3) is 10.9 Å². The molecule has 0 saturated carbocycles. The van der Waals surface area contributed by atoms with Crippen LogP contribution >= 0.6 is 0 Å². The highest BCUT2D eigenvalue weighted by molar-refractivity contribution is 5.95. The van der Waals surface area contributed by atoms with Gasteiger partial charge >= 0.3 is 5.97 Å². The number of aliphatic hydroxyl groups is 2. The number of benzene rings is 1. The van der Waals surface area contributed by atoms with Crippen LogP contribution in [0.15, 0.2) is 30.5 Å². The summed E-state index contributed by atoms with van der Waals surface area (Å²) in [6, 6.07) is 2.02. The van der Waals surface area contributed by atoms with Crippen LogP contribution in [0, 0.1) is 0 Å². The summed E-state index contributed by atoms with van der Waals surface area (Å²) in [6.45, 7) is -1.47. The first-order chi connectivity index (χ1) is 16.2. The maximum atomic E-state index is 13.0. The van der Waals surface area contributed by atoms with E-state index in [9.17, 15) is 29.4 Å². The zero-order chi connectivity index (χ0) is 25.3. The van der Waals surface area contributed by atoms with Gasteiger partial charge in [-0.25, -0.2) is 4.79 Å². The van der Waals surface area contributed by atoms with E-state index in [2.05, 4.69) is 20.9 Å². The predicted octanol–water partition coefficient (Wildman–Crippen LogP) is -3.09. The molecule has 0 unspecified atom stereocenters. The van der Waals surface area contributed by atoms with Crippen molar-refractivity contribution >= 4 is 34.6 Å². The Bertz CT molecular complexity index is 1010. The second-order valence-corrected chi connectivity index (χ2v) is 7.63. The fourth-order valence-corrected chi connectivity index (χ4v) is 3.25. The Morgan fingerprint density at radius 3 is 2.15 bits per heavy atom. The van der Waals surface area contributed by atoms with Crippen molar-refractivity contribution < 1.29 is 34.5 Å². The van der Waals surface area contributed by atoms with Gasteiger partial charge in [0.25, 0.3) is 0 Å². The molecule has 0 saturated heterocycles. The fraction of sp³-hybridized carbons (Fsp3) is 0.429. The SMILES string of the molecule is NCC[C@H](NC(=O)[C@H](CO)NC(=O)[C@@H](Cc1c[nH]c2ccccc12)NC(=O)[C@H](N)CO)C(=O)O. The third-order valence-corrected chi connectivity index (χ3v) is 5.15. The second kappa shape index (κ2) is 12.6. The Morgan fingerprint density at radius 1 is 0.912 bits per heavy atom. The first-order valence-corrected chi connectivity index (χ1v) is 10.6. The van der Waals surface area contributed by atoms with E-state index in [-0.39, 0.29) is 19.4 Å². The van der Waals surface area contributed by atoms with E-state index in [1.165, 1.54) is 0 Å². The van der Waals surface area contributed by atoms with Crippen LogP contribution in [0.5, 0.6) is 0 Å². The molecule has 0 spiro atoms. The third kappa shape index (κ3) is 6.99. The fourth-order valence-electron chi connectivity index (χ4n) is 3.25. The Balaban J connectivity index is 2.21. The van der Waals surface area contributed by atoms with Gasteiger partial charge in [-0.15, -0.1) is 0 Å². The van der Waals surface area contributed by atoms with Crippen LogP contribution in [-0.2, 0) is 25.6 Å². The number of carbonyl (C=O) groups is 4. The topological polar surface area (TPSA) is 233 Å². The molecule has 0 aliphatic rings. The number of carboxylic acids is 1. The number of rotatable bonds is 13. The first-order valence-electron chi connectivity index (χ1n) is 10.6. The standard InChI is InChI=1S/C21H30N6O7/c22-6-5-15(21(33)34)25-20(32)17(10-29)27-19(31)16(26-18(30)13(23)9-28)7-11-8-24-14-4-2-1-3-12(11)14/h1-4,8,13,15-17,24,28-29H,5-7,9-10,22-23H2,(H,25,32)(H,26,30)(H,27,31)(H,33,34)/t13-,15+,16-,17+/m1/s1. The van der Waals surface area contributed by atoms with Crippen molar-refractivity contribution in [1.29, 1.82) is 0 Å². The van der Waals surface area contributed by atoms with E-state index in [0.29, 0.717) is 5.56 Å². The number of nitrogens with two attached hydrogens (primary N) is 2. The summed E-state index contributed by atoms with van der Waals surface area (Å²) in [5.41, 5.74) is 12.4. The predicted molar refractivity (Wildman–Crippen MR) is 121 cm³/mol. The lowest BCUT2D eigenvalue weighted by molar-refractivity contribution is -0.142. The molecule has 13 nitrogen and oxygen atoms in total. The smallest absolute Gasteiger partial charge is 0.326 e. The molecule has 11 N–H and O–H groups in total. The molecule has 4 atom stereocenters. The van der Waals surface area contributed by atoms with E-state index in [4.69, 9.17) is 16.6 Å². The summed E-state index contributed by atoms with van der Waals surface area (Å²) in [5, 5.41) is 35.7. The largest absolute Gasteiger partial charge is 0.480 e. The Hall–Kier alpha value is -3.52. The summed E-state index contributed by atoms with van der Waals surface area (Å²) < 4.78 is 0. The molecule has 2 rings (SSSR count). The average Bonchev–Trinajstić information content (AvgIpc) is 3.23. The van der Waals surface area contributed by atoms with Gasteiger partial charge in [-0.2, -0.15) is 0 Å². The Labute approximate surface area is 194 Å². The van der Waals surface area contributed by atoms with E-state index in [1.54, 1.807) is 12.3 Å². The number of carboxylic acid groups (broad SMARTS) is 1. The molecule has 186 valence electrons. The number of para-hydroxylation sites is 1. The molecular formula is C21H30N6O7. The minimum absolute atomic E-state index is 0.00274. The average molecular weight is 479 g/mol. The number of aliphatic carboxylic acids is 1. The molecule has 0 radical (unpaired) electrons. The third-order valence-electron chi connectivity index (χ3n) is 5.15. The van der Waals surface area contributed by atoms with Crippen molar-refractivity contribution in [3.05, 3.63) is 36.0 Å². The molecule has 0 bridgehead atoms. The zero-order valence-electron chi connectivity index (χ0n) is 18.4. The van der Waals surface area contributed by atoms with Gasteiger partial charge in [0, 0.05) is 23.5 Å². The van der Waals surface area contributed by atoms with E-state index in [0.717, 1.165) is 10.9 Å². The summed E-state index contributed by atoms with van der Waals surface area (Å²) in [6.07, 6.45) is 1.62. The number of amides is 3. The van der Waals surface area contributed by atoms with E-state index in [1.807, 2.05) is 18.2 Å². The summed E-state index contributed by atoms with van der Waals surface area (Å²) in [4.78, 5) is 52.0. The Morgan fingerprint density at radius 2 is 1.53 bits per heavy atom. The van der Waals surface area contributed by atoms with E-state index < -0.39 is 61.1 Å². The van der Waals surface area contributed by atoms with Crippen LogP contribution in [-0.4, -0.2) is 87.9 Å². The molecule has 2 aromatic rings. The number of fused-ring (bicyclic) bond motifs is 1. The van der Waals surface area contributed by atoms with Gasteiger partial charge in [-0.3, -0.25) is 14.4 Å². The van der Waals surface area contributed by atoms with Gasteiger partial charge in [0.2, 0.25) is 17.7 Å².